The van der Waals surface area contributed by atoms with Crippen molar-refractivity contribution in [2.24, 2.45) is 5.92 Å². The fourth-order valence-corrected chi connectivity index (χ4v) is 4.74. The molecule has 3 rings (SSSR count). The SMILES string of the molecule is Cc1ccccc1S(=O)(=O)NCC[C@H]1CC[C@H](NC(=O)C2CC2)[C@@H](CO)O1. The highest BCUT2D eigenvalue weighted by Gasteiger charge is 2.36. The van der Waals surface area contributed by atoms with Crippen molar-refractivity contribution in [2.75, 3.05) is 13.2 Å². The molecule has 0 spiro atoms. The molecule has 3 atom stereocenters. The molecule has 1 aromatic carbocycles. The summed E-state index contributed by atoms with van der Waals surface area (Å²) in [5.41, 5.74) is 0.702. The standard InChI is InChI=1S/C19H28N2O5S/c1-13-4-2-3-5-18(13)27(24,25)20-11-10-15-8-9-16(17(12-22)26-15)21-19(23)14-6-7-14/h2-5,14-17,20,22H,6-12H2,1H3,(H,21,23)/t15-,16+,17-/m1/s1. The van der Waals surface area contributed by atoms with Crippen LogP contribution in [0.15, 0.2) is 29.2 Å². The minimum Gasteiger partial charge on any atom is -0.394 e. The predicted octanol–water partition coefficient (Wildman–Crippen LogP) is 1.10. The summed E-state index contributed by atoms with van der Waals surface area (Å²) in [5.74, 6) is 0.171. The summed E-state index contributed by atoms with van der Waals surface area (Å²) < 4.78 is 33.4. The number of benzene rings is 1. The second-order valence-electron chi connectivity index (χ2n) is 7.40. The van der Waals surface area contributed by atoms with Gasteiger partial charge in [-0.2, -0.15) is 0 Å². The van der Waals surface area contributed by atoms with Gasteiger partial charge in [0, 0.05) is 12.5 Å². The van der Waals surface area contributed by atoms with E-state index in [1.165, 1.54) is 0 Å². The molecule has 1 aromatic rings. The highest BCUT2D eigenvalue weighted by atomic mass is 32.2. The van der Waals surface area contributed by atoms with Crippen molar-refractivity contribution in [1.82, 2.24) is 10.0 Å². The monoisotopic (exact) mass is 396 g/mol. The fourth-order valence-electron chi connectivity index (χ4n) is 3.45. The molecule has 1 aliphatic carbocycles. The maximum absolute atomic E-state index is 12.4. The number of hydrogen-bond acceptors (Lipinski definition) is 5. The Labute approximate surface area is 160 Å². The molecular weight excluding hydrogens is 368 g/mol. The van der Waals surface area contributed by atoms with E-state index in [2.05, 4.69) is 10.0 Å². The molecule has 1 saturated heterocycles. The van der Waals surface area contributed by atoms with Crippen molar-refractivity contribution in [2.45, 2.75) is 62.2 Å². The number of aliphatic hydroxyl groups excluding tert-OH is 1. The van der Waals surface area contributed by atoms with Crippen LogP contribution in [0.2, 0.25) is 0 Å². The lowest BCUT2D eigenvalue weighted by Gasteiger charge is -2.36. The zero-order chi connectivity index (χ0) is 19.4. The summed E-state index contributed by atoms with van der Waals surface area (Å²) in [6, 6.07) is 6.68. The average Bonchev–Trinajstić information content (AvgIpc) is 3.48. The quantitative estimate of drug-likeness (QED) is 0.610. The lowest BCUT2D eigenvalue weighted by Crippen LogP contribution is -2.51. The molecule has 150 valence electrons. The van der Waals surface area contributed by atoms with Crippen LogP contribution >= 0.6 is 0 Å². The molecule has 1 heterocycles. The van der Waals surface area contributed by atoms with Crippen LogP contribution < -0.4 is 10.0 Å². The Morgan fingerprint density at radius 3 is 2.63 bits per heavy atom. The van der Waals surface area contributed by atoms with Crippen LogP contribution in [0.3, 0.4) is 0 Å². The van der Waals surface area contributed by atoms with Crippen LogP contribution in [0.25, 0.3) is 0 Å². The molecule has 1 amide bonds. The van der Waals surface area contributed by atoms with Gasteiger partial charge in [0.25, 0.3) is 0 Å². The minimum atomic E-state index is -3.55. The van der Waals surface area contributed by atoms with Crippen LogP contribution in [0.4, 0.5) is 0 Å². The second kappa shape index (κ2) is 8.68. The number of hydrogen-bond donors (Lipinski definition) is 3. The number of amides is 1. The van der Waals surface area contributed by atoms with Gasteiger partial charge in [-0.15, -0.1) is 0 Å². The van der Waals surface area contributed by atoms with Crippen molar-refractivity contribution < 1.29 is 23.1 Å². The summed E-state index contributed by atoms with van der Waals surface area (Å²) in [7, 11) is -3.55. The van der Waals surface area contributed by atoms with E-state index < -0.39 is 16.1 Å². The van der Waals surface area contributed by atoms with E-state index in [0.717, 1.165) is 25.7 Å². The Morgan fingerprint density at radius 1 is 1.22 bits per heavy atom. The molecule has 0 aromatic heterocycles. The Morgan fingerprint density at radius 2 is 1.96 bits per heavy atom. The number of aliphatic hydroxyl groups is 1. The van der Waals surface area contributed by atoms with Crippen molar-refractivity contribution in [3.63, 3.8) is 0 Å². The first-order valence-corrected chi connectivity index (χ1v) is 11.0. The molecular formula is C19H28N2O5S. The molecule has 2 fully saturated rings. The summed E-state index contributed by atoms with van der Waals surface area (Å²) >= 11 is 0. The smallest absolute Gasteiger partial charge is 0.240 e. The van der Waals surface area contributed by atoms with Gasteiger partial charge in [-0.1, -0.05) is 18.2 Å². The molecule has 3 N–H and O–H groups in total. The predicted molar refractivity (Wildman–Crippen MR) is 101 cm³/mol. The number of ether oxygens (including phenoxy) is 1. The molecule has 0 unspecified atom stereocenters. The Hall–Kier alpha value is -1.48. The zero-order valence-electron chi connectivity index (χ0n) is 15.6. The summed E-state index contributed by atoms with van der Waals surface area (Å²) in [6.45, 7) is 1.86. The lowest BCUT2D eigenvalue weighted by molar-refractivity contribution is -0.129. The van der Waals surface area contributed by atoms with E-state index in [1.54, 1.807) is 31.2 Å². The van der Waals surface area contributed by atoms with Crippen molar-refractivity contribution in [1.29, 1.82) is 0 Å². The molecule has 0 radical (unpaired) electrons. The van der Waals surface area contributed by atoms with Crippen LogP contribution in [0.1, 0.15) is 37.7 Å². The van der Waals surface area contributed by atoms with Gasteiger partial charge < -0.3 is 15.2 Å². The summed E-state index contributed by atoms with van der Waals surface area (Å²) in [4.78, 5) is 12.2. The highest BCUT2D eigenvalue weighted by molar-refractivity contribution is 7.89. The third-order valence-corrected chi connectivity index (χ3v) is 6.83. The minimum absolute atomic E-state index is 0.0477. The first kappa shape index (κ1) is 20.3. The number of rotatable bonds is 8. The molecule has 1 saturated carbocycles. The van der Waals surface area contributed by atoms with Crippen molar-refractivity contribution >= 4 is 15.9 Å². The summed E-state index contributed by atoms with van der Waals surface area (Å²) in [5, 5.41) is 12.6. The molecule has 27 heavy (non-hydrogen) atoms. The molecule has 0 bridgehead atoms. The van der Waals surface area contributed by atoms with Gasteiger partial charge in [-0.05, 0) is 50.7 Å². The van der Waals surface area contributed by atoms with E-state index in [1.807, 2.05) is 0 Å². The molecule has 7 nitrogen and oxygen atoms in total. The van der Waals surface area contributed by atoms with Crippen molar-refractivity contribution in [3.8, 4) is 0 Å². The van der Waals surface area contributed by atoms with Gasteiger partial charge >= 0.3 is 0 Å². The number of aryl methyl sites for hydroxylation is 1. The second-order valence-corrected chi connectivity index (χ2v) is 9.13. The van der Waals surface area contributed by atoms with Crippen LogP contribution in [-0.4, -0.2) is 50.8 Å². The van der Waals surface area contributed by atoms with Gasteiger partial charge in [-0.3, -0.25) is 4.79 Å². The van der Waals surface area contributed by atoms with Gasteiger partial charge in [0.15, 0.2) is 0 Å². The first-order chi connectivity index (χ1) is 12.9. The molecule has 8 heteroatoms. The zero-order valence-corrected chi connectivity index (χ0v) is 16.4. The molecule has 2 aliphatic rings. The van der Waals surface area contributed by atoms with Crippen LogP contribution in [0, 0.1) is 12.8 Å². The largest absolute Gasteiger partial charge is 0.394 e. The van der Waals surface area contributed by atoms with Gasteiger partial charge in [-0.25, -0.2) is 13.1 Å². The fraction of sp³-hybridized carbons (Fsp3) is 0.632. The third-order valence-electron chi connectivity index (χ3n) is 5.21. The van der Waals surface area contributed by atoms with Crippen LogP contribution in [0.5, 0.6) is 0 Å². The summed E-state index contributed by atoms with van der Waals surface area (Å²) in [6.07, 6.45) is 3.25. The van der Waals surface area contributed by atoms with E-state index in [4.69, 9.17) is 4.74 Å². The Kier molecular flexibility index (Phi) is 6.52. The third kappa shape index (κ3) is 5.28. The van der Waals surface area contributed by atoms with Crippen molar-refractivity contribution in [3.05, 3.63) is 29.8 Å². The first-order valence-electron chi connectivity index (χ1n) is 9.52. The van der Waals surface area contributed by atoms with Crippen LogP contribution in [-0.2, 0) is 19.6 Å². The van der Waals surface area contributed by atoms with Gasteiger partial charge in [0.1, 0.15) is 6.10 Å². The maximum atomic E-state index is 12.4. The average molecular weight is 397 g/mol. The number of nitrogens with one attached hydrogen (secondary N) is 2. The number of sulfonamides is 1. The Balaban J connectivity index is 1.48. The van der Waals surface area contributed by atoms with E-state index in [9.17, 15) is 18.3 Å². The van der Waals surface area contributed by atoms with E-state index >= 15 is 0 Å². The Bertz CT molecular complexity index is 763. The van der Waals surface area contributed by atoms with E-state index in [-0.39, 0.29) is 42.0 Å². The topological polar surface area (TPSA) is 105 Å². The maximum Gasteiger partial charge on any atom is 0.240 e. The van der Waals surface area contributed by atoms with Gasteiger partial charge in [0.2, 0.25) is 15.9 Å². The number of carbonyl (C=O) groups is 1. The van der Waals surface area contributed by atoms with E-state index in [0.29, 0.717) is 12.0 Å². The molecule has 1 aliphatic heterocycles. The highest BCUT2D eigenvalue weighted by Crippen LogP contribution is 2.30. The number of carbonyl (C=O) groups excluding carboxylic acids is 1. The van der Waals surface area contributed by atoms with Gasteiger partial charge in [0.05, 0.1) is 23.6 Å². The lowest BCUT2D eigenvalue weighted by atomic mass is 9.97. The normalized spacial score (nSPS) is 25.9.